The molecule has 0 N–H and O–H groups in total. The van der Waals surface area contributed by atoms with Gasteiger partial charge in [0.1, 0.15) is 0 Å². The fraction of sp³-hybridized carbons (Fsp3) is 0. The molecule has 0 radical (unpaired) electrons. The molecule has 16 heavy (non-hydrogen) atoms. The Morgan fingerprint density at radius 3 is 2.31 bits per heavy atom. The Morgan fingerprint density at radius 1 is 1.12 bits per heavy atom. The Hall–Kier alpha value is -2.36. The first kappa shape index (κ1) is 10.2. The van der Waals surface area contributed by atoms with Gasteiger partial charge in [0.2, 0.25) is 0 Å². The Labute approximate surface area is 91.3 Å². The van der Waals surface area contributed by atoms with Gasteiger partial charge in [0.15, 0.2) is 0 Å². The van der Waals surface area contributed by atoms with Gasteiger partial charge in [0.05, 0.1) is 5.56 Å². The molecule has 0 aromatic heterocycles. The monoisotopic (exact) mass is 216 g/mol. The largest absolute Gasteiger partial charge is 0.386 e. The molecule has 0 atom stereocenters. The highest BCUT2D eigenvalue weighted by molar-refractivity contribution is 6.01. The molecule has 0 aliphatic carbocycles. The summed E-state index contributed by atoms with van der Waals surface area (Å²) in [5, 5.41) is 1.63. The van der Waals surface area contributed by atoms with E-state index < -0.39 is 11.9 Å². The Balaban J connectivity index is 2.13. The molecule has 0 fully saturated rings. The maximum atomic E-state index is 11.5. The van der Waals surface area contributed by atoms with Crippen molar-refractivity contribution in [1.29, 1.82) is 0 Å². The molecule has 80 valence electrons. The van der Waals surface area contributed by atoms with Crippen molar-refractivity contribution < 1.29 is 19.4 Å². The average molecular weight is 216 g/mol. The lowest BCUT2D eigenvalue weighted by Crippen LogP contribution is -2.10. The topological polar surface area (TPSA) is 52.6 Å². The molecule has 4 nitrogen and oxygen atoms in total. The van der Waals surface area contributed by atoms with Crippen LogP contribution in [0.4, 0.5) is 0 Å². The third-order valence-electron chi connectivity index (χ3n) is 2.12. The van der Waals surface area contributed by atoms with Crippen LogP contribution < -0.4 is 0 Å². The van der Waals surface area contributed by atoms with Crippen molar-refractivity contribution in [3.05, 3.63) is 48.6 Å². The second-order valence-corrected chi connectivity index (χ2v) is 3.16. The molecule has 0 aliphatic rings. The zero-order valence-corrected chi connectivity index (χ0v) is 8.30. The summed E-state index contributed by atoms with van der Waals surface area (Å²) >= 11 is 0. The summed E-state index contributed by atoms with van der Waals surface area (Å²) in [6, 6.07) is 9.01. The van der Waals surface area contributed by atoms with Crippen molar-refractivity contribution in [3.63, 3.8) is 0 Å². The Kier molecular flexibility index (Phi) is 2.55. The van der Waals surface area contributed by atoms with Gasteiger partial charge in [-0.1, -0.05) is 30.8 Å². The van der Waals surface area contributed by atoms with Crippen LogP contribution in [0.1, 0.15) is 10.4 Å². The highest BCUT2D eigenvalue weighted by Crippen LogP contribution is 2.19. The van der Waals surface area contributed by atoms with E-state index in [1.54, 1.807) is 18.2 Å². The average Bonchev–Trinajstić information content (AvgIpc) is 2.36. The normalized spacial score (nSPS) is 10.0. The van der Waals surface area contributed by atoms with Gasteiger partial charge in [-0.2, -0.15) is 0 Å². The minimum absolute atomic E-state index is 0.372. The highest BCUT2D eigenvalue weighted by atomic mass is 17.2. The van der Waals surface area contributed by atoms with Crippen LogP contribution in [-0.4, -0.2) is 11.9 Å². The predicted molar refractivity (Wildman–Crippen MR) is 56.8 cm³/mol. The molecule has 0 aliphatic heterocycles. The van der Waals surface area contributed by atoms with Crippen LogP contribution in [0.25, 0.3) is 10.8 Å². The lowest BCUT2D eigenvalue weighted by atomic mass is 10.0. The third kappa shape index (κ3) is 1.86. The molecule has 0 saturated carbocycles. The molecule has 0 heterocycles. The van der Waals surface area contributed by atoms with Gasteiger partial charge in [-0.3, -0.25) is 0 Å². The van der Waals surface area contributed by atoms with Crippen molar-refractivity contribution in [1.82, 2.24) is 0 Å². The lowest BCUT2D eigenvalue weighted by molar-refractivity contribution is -0.228. The number of carbonyl (C=O) groups is 2. The fourth-order valence-electron chi connectivity index (χ4n) is 1.34. The number of benzene rings is 3. The molecule has 2 bridgehead atoms. The predicted octanol–water partition coefficient (Wildman–Crippen LogP) is 2.08. The lowest BCUT2D eigenvalue weighted by Gasteiger charge is -2.05. The molecule has 0 amide bonds. The van der Waals surface area contributed by atoms with E-state index in [9.17, 15) is 9.59 Å². The molecule has 0 unspecified atom stereocenters. The SMILES string of the molecule is C=CC(=O)OOC(=O)c1cc2ccc1cc2. The van der Waals surface area contributed by atoms with Gasteiger partial charge in [0.25, 0.3) is 0 Å². The summed E-state index contributed by atoms with van der Waals surface area (Å²) in [6.45, 7) is 3.18. The van der Waals surface area contributed by atoms with E-state index in [1.165, 1.54) is 0 Å². The van der Waals surface area contributed by atoms with E-state index in [1.807, 2.05) is 12.1 Å². The molecule has 3 aromatic rings. The summed E-state index contributed by atoms with van der Waals surface area (Å²) in [6.07, 6.45) is 0.913. The number of fused-ring (bicyclic) bond motifs is 3. The second kappa shape index (κ2) is 4.02. The first-order valence-corrected chi connectivity index (χ1v) is 4.58. The van der Waals surface area contributed by atoms with E-state index in [2.05, 4.69) is 16.4 Å². The summed E-state index contributed by atoms with van der Waals surface area (Å²) in [5.74, 6) is -1.50. The molecular formula is C12H8O4. The number of hydrogen-bond donors (Lipinski definition) is 0. The van der Waals surface area contributed by atoms with E-state index in [0.717, 1.165) is 16.8 Å². The van der Waals surface area contributed by atoms with E-state index in [-0.39, 0.29) is 0 Å². The van der Waals surface area contributed by atoms with E-state index in [4.69, 9.17) is 0 Å². The number of hydrogen-bond acceptors (Lipinski definition) is 4. The van der Waals surface area contributed by atoms with Crippen LogP contribution in [0.3, 0.4) is 0 Å². The Morgan fingerprint density at radius 2 is 1.81 bits per heavy atom. The second-order valence-electron chi connectivity index (χ2n) is 3.16. The maximum Gasteiger partial charge on any atom is 0.386 e. The minimum atomic E-state index is -0.807. The van der Waals surface area contributed by atoms with Crippen molar-refractivity contribution in [3.8, 4) is 0 Å². The van der Waals surface area contributed by atoms with E-state index >= 15 is 0 Å². The Bertz CT molecular complexity index is 524. The molecule has 3 rings (SSSR count). The molecule has 0 saturated heterocycles. The smallest absolute Gasteiger partial charge is 0.242 e. The van der Waals surface area contributed by atoms with Gasteiger partial charge in [-0.25, -0.2) is 19.4 Å². The minimum Gasteiger partial charge on any atom is -0.242 e. The van der Waals surface area contributed by atoms with Crippen molar-refractivity contribution >= 4 is 22.7 Å². The van der Waals surface area contributed by atoms with Gasteiger partial charge in [-0.05, 0) is 16.8 Å². The third-order valence-corrected chi connectivity index (χ3v) is 2.12. The van der Waals surface area contributed by atoms with E-state index in [0.29, 0.717) is 5.56 Å². The summed E-state index contributed by atoms with van der Waals surface area (Å²) in [4.78, 5) is 30.7. The van der Waals surface area contributed by atoms with Gasteiger partial charge in [-0.15, -0.1) is 0 Å². The molecule has 4 heteroatoms. The highest BCUT2D eigenvalue weighted by Gasteiger charge is 2.14. The molecule has 0 spiro atoms. The van der Waals surface area contributed by atoms with Crippen LogP contribution in [-0.2, 0) is 14.6 Å². The summed E-state index contributed by atoms with van der Waals surface area (Å²) in [5.41, 5.74) is 0.372. The zero-order chi connectivity index (χ0) is 11.5. The van der Waals surface area contributed by atoms with Gasteiger partial charge in [0, 0.05) is 6.08 Å². The first-order valence-electron chi connectivity index (χ1n) is 4.58. The van der Waals surface area contributed by atoms with Crippen molar-refractivity contribution in [2.24, 2.45) is 0 Å². The zero-order valence-electron chi connectivity index (χ0n) is 8.30. The summed E-state index contributed by atoms with van der Waals surface area (Å²) in [7, 11) is 0. The van der Waals surface area contributed by atoms with Crippen LogP contribution in [0.2, 0.25) is 0 Å². The standard InChI is InChI=1S/C12H8O4/c1-2-11(13)15-16-12(14)10-7-8-3-5-9(10)6-4-8/h2-7H,1H2. The quantitative estimate of drug-likeness (QED) is 0.438. The molecule has 3 aromatic carbocycles. The van der Waals surface area contributed by atoms with Crippen LogP contribution in [0.5, 0.6) is 0 Å². The maximum absolute atomic E-state index is 11.5. The van der Waals surface area contributed by atoms with Crippen LogP contribution in [0, 0.1) is 0 Å². The van der Waals surface area contributed by atoms with Crippen LogP contribution in [0.15, 0.2) is 43.0 Å². The first-order chi connectivity index (χ1) is 7.70. The molecular weight excluding hydrogens is 208 g/mol. The fourth-order valence-corrected chi connectivity index (χ4v) is 1.34. The van der Waals surface area contributed by atoms with Gasteiger partial charge < -0.3 is 0 Å². The summed E-state index contributed by atoms with van der Waals surface area (Å²) < 4.78 is 0. The van der Waals surface area contributed by atoms with Crippen LogP contribution >= 0.6 is 0 Å². The van der Waals surface area contributed by atoms with Crippen molar-refractivity contribution in [2.75, 3.05) is 0 Å². The number of carbonyl (C=O) groups excluding carboxylic acids is 2. The number of rotatable bonds is 2. The van der Waals surface area contributed by atoms with Gasteiger partial charge >= 0.3 is 11.9 Å². The van der Waals surface area contributed by atoms with Crippen molar-refractivity contribution in [2.45, 2.75) is 0 Å².